The number of nitrogens with two attached hydrogens (primary N) is 1. The number of nitrogen functional groups attached to an aromatic ring is 1. The number of aromatic hydroxyl groups is 1. The van der Waals surface area contributed by atoms with E-state index in [0.29, 0.717) is 11.3 Å². The summed E-state index contributed by atoms with van der Waals surface area (Å²) in [6.07, 6.45) is 10.0. The van der Waals surface area contributed by atoms with Gasteiger partial charge in [0.1, 0.15) is 11.3 Å². The third kappa shape index (κ3) is 5.48. The van der Waals surface area contributed by atoms with E-state index in [9.17, 15) is 9.90 Å². The first-order valence-electron chi connectivity index (χ1n) is 12.3. The number of phenolic OH excluding ortho intramolecular Hbond substituents is 1. The number of amides is 1. The van der Waals surface area contributed by atoms with Gasteiger partial charge in [0.25, 0.3) is 5.91 Å². The fourth-order valence-electron chi connectivity index (χ4n) is 4.17. The molecule has 0 bridgehead atoms. The van der Waals surface area contributed by atoms with Gasteiger partial charge in [-0.2, -0.15) is 0 Å². The van der Waals surface area contributed by atoms with Crippen LogP contribution in [0, 0.1) is 0 Å². The van der Waals surface area contributed by atoms with Crippen molar-refractivity contribution in [1.82, 2.24) is 4.90 Å². The first-order chi connectivity index (χ1) is 16.9. The van der Waals surface area contributed by atoms with Crippen LogP contribution in [0.1, 0.15) is 59.1 Å². The number of allylic oxidation sites excluding steroid dienone is 3. The lowest BCUT2D eigenvalue weighted by Gasteiger charge is -2.42. The van der Waals surface area contributed by atoms with Crippen molar-refractivity contribution >= 4 is 11.6 Å². The third-order valence-electron chi connectivity index (χ3n) is 5.55. The van der Waals surface area contributed by atoms with E-state index >= 15 is 0 Å². The summed E-state index contributed by atoms with van der Waals surface area (Å²) < 4.78 is 0. The van der Waals surface area contributed by atoms with Crippen molar-refractivity contribution in [2.45, 2.75) is 53.5 Å². The molecular formula is C31H40N2O2. The Bertz CT molecular complexity index is 1040. The van der Waals surface area contributed by atoms with Gasteiger partial charge in [-0.05, 0) is 60.4 Å². The summed E-state index contributed by atoms with van der Waals surface area (Å²) in [5.41, 5.74) is 9.26. The maximum atomic E-state index is 13.8. The molecule has 0 spiro atoms. The van der Waals surface area contributed by atoms with E-state index in [-0.39, 0.29) is 11.7 Å². The molecule has 0 radical (unpaired) electrons. The summed E-state index contributed by atoms with van der Waals surface area (Å²) in [7, 11) is 0. The highest BCUT2D eigenvalue weighted by Crippen LogP contribution is 2.51. The van der Waals surface area contributed by atoms with E-state index in [1.54, 1.807) is 29.2 Å². The lowest BCUT2D eigenvalue weighted by Crippen LogP contribution is -2.45. The van der Waals surface area contributed by atoms with Gasteiger partial charge in [0.05, 0.1) is 0 Å². The number of carbonyl (C=O) groups excluding carboxylic acids is 1. The number of carbonyl (C=O) groups is 1. The molecule has 0 saturated carbocycles. The van der Waals surface area contributed by atoms with E-state index < -0.39 is 5.54 Å². The third-order valence-corrected chi connectivity index (χ3v) is 5.55. The van der Waals surface area contributed by atoms with Crippen LogP contribution in [0.15, 0.2) is 109 Å². The van der Waals surface area contributed by atoms with Crippen LogP contribution < -0.4 is 5.73 Å². The Kier molecular flexibility index (Phi) is 11.5. The van der Waals surface area contributed by atoms with E-state index in [4.69, 9.17) is 5.73 Å². The average molecular weight is 473 g/mol. The van der Waals surface area contributed by atoms with Gasteiger partial charge in [-0.15, -0.1) is 0 Å². The van der Waals surface area contributed by atoms with E-state index in [0.717, 1.165) is 28.8 Å². The molecule has 1 aliphatic heterocycles. The fraction of sp³-hybridized carbons (Fsp3) is 0.258. The molecule has 0 fully saturated rings. The highest BCUT2D eigenvalue weighted by atomic mass is 16.3. The predicted octanol–water partition coefficient (Wildman–Crippen LogP) is 7.65. The number of rotatable bonds is 7. The van der Waals surface area contributed by atoms with Gasteiger partial charge in [0, 0.05) is 17.0 Å². The Labute approximate surface area is 211 Å². The van der Waals surface area contributed by atoms with E-state index in [1.807, 2.05) is 96.2 Å². The number of anilines is 1. The van der Waals surface area contributed by atoms with Gasteiger partial charge in [0.15, 0.2) is 0 Å². The summed E-state index contributed by atoms with van der Waals surface area (Å²) in [4.78, 5) is 15.5. The topological polar surface area (TPSA) is 66.6 Å². The number of hydrogen-bond acceptors (Lipinski definition) is 3. The standard InChI is InChI=1S/C27H28N2O2.2C2H6/c1-5-9-10-22(6-2)29-26(31)24(7-3)25(8-4)27(29,19-11-15-21(28)16-12-19)20-13-17-23(30)18-14-20;2*1-2/h6-18,30H,3-5,28H2,1-2H3;2*1-2H3/b10-9-,22-6+;;. The molecule has 1 heterocycles. The second-order valence-corrected chi connectivity index (χ2v) is 7.28. The fourth-order valence-corrected chi connectivity index (χ4v) is 4.17. The molecule has 0 aromatic heterocycles. The Hall–Kier alpha value is -3.79. The molecule has 3 rings (SSSR count). The molecule has 1 unspecified atom stereocenters. The predicted molar refractivity (Wildman–Crippen MR) is 150 cm³/mol. The second-order valence-electron chi connectivity index (χ2n) is 7.28. The van der Waals surface area contributed by atoms with Gasteiger partial charge >= 0.3 is 0 Å². The summed E-state index contributed by atoms with van der Waals surface area (Å²) >= 11 is 0. The Morgan fingerprint density at radius 1 is 0.971 bits per heavy atom. The van der Waals surface area contributed by atoms with E-state index in [2.05, 4.69) is 13.2 Å². The molecule has 0 saturated heterocycles. The first-order valence-corrected chi connectivity index (χ1v) is 12.3. The van der Waals surface area contributed by atoms with Gasteiger partial charge < -0.3 is 10.8 Å². The number of phenols is 1. The molecule has 35 heavy (non-hydrogen) atoms. The quantitative estimate of drug-likeness (QED) is 0.321. The maximum absolute atomic E-state index is 13.8. The van der Waals surface area contributed by atoms with Crippen molar-refractivity contribution in [2.75, 3.05) is 5.73 Å². The van der Waals surface area contributed by atoms with Crippen molar-refractivity contribution in [3.05, 3.63) is 120 Å². The highest BCUT2D eigenvalue weighted by molar-refractivity contribution is 6.04. The summed E-state index contributed by atoms with van der Waals surface area (Å²) in [5, 5.41) is 9.93. The van der Waals surface area contributed by atoms with Crippen LogP contribution in [-0.2, 0) is 10.3 Å². The minimum absolute atomic E-state index is 0.150. The summed E-state index contributed by atoms with van der Waals surface area (Å²) in [5.74, 6) is -0.0130. The van der Waals surface area contributed by atoms with Crippen LogP contribution in [0.2, 0.25) is 0 Å². The number of hydrogen-bond donors (Lipinski definition) is 2. The smallest absolute Gasteiger partial charge is 0.259 e. The van der Waals surface area contributed by atoms with Gasteiger partial charge in [-0.25, -0.2) is 0 Å². The van der Waals surface area contributed by atoms with Crippen LogP contribution in [0.25, 0.3) is 0 Å². The van der Waals surface area contributed by atoms with Gasteiger partial charge in [0.2, 0.25) is 0 Å². The monoisotopic (exact) mass is 472 g/mol. The Morgan fingerprint density at radius 2 is 1.49 bits per heavy atom. The minimum atomic E-state index is -0.996. The van der Waals surface area contributed by atoms with E-state index in [1.165, 1.54) is 0 Å². The van der Waals surface area contributed by atoms with Crippen molar-refractivity contribution in [3.63, 3.8) is 0 Å². The largest absolute Gasteiger partial charge is 0.508 e. The molecule has 2 aromatic rings. The zero-order chi connectivity index (χ0) is 26.6. The van der Waals surface area contributed by atoms with Gasteiger partial charge in [-0.1, -0.05) is 96.3 Å². The molecule has 4 heteroatoms. The van der Waals surface area contributed by atoms with Crippen molar-refractivity contribution in [2.24, 2.45) is 0 Å². The lowest BCUT2D eigenvalue weighted by molar-refractivity contribution is -0.126. The van der Waals surface area contributed by atoms with Crippen molar-refractivity contribution in [1.29, 1.82) is 0 Å². The zero-order valence-corrected chi connectivity index (χ0v) is 22.0. The Morgan fingerprint density at radius 3 is 1.91 bits per heavy atom. The minimum Gasteiger partial charge on any atom is -0.508 e. The number of nitrogens with zero attached hydrogens (tertiary/aromatic N) is 1. The molecule has 186 valence electrons. The maximum Gasteiger partial charge on any atom is 0.259 e. The zero-order valence-electron chi connectivity index (χ0n) is 22.0. The van der Waals surface area contributed by atoms with Crippen molar-refractivity contribution in [3.8, 4) is 5.75 Å². The first kappa shape index (κ1) is 29.2. The normalized spacial score (nSPS) is 17.5. The molecule has 2 aromatic carbocycles. The van der Waals surface area contributed by atoms with Crippen molar-refractivity contribution < 1.29 is 9.90 Å². The molecule has 4 nitrogen and oxygen atoms in total. The average Bonchev–Trinajstić information content (AvgIpc) is 3.16. The molecule has 3 N–H and O–H groups in total. The molecular weight excluding hydrogens is 432 g/mol. The van der Waals surface area contributed by atoms with Crippen LogP contribution in [0.4, 0.5) is 5.69 Å². The summed E-state index contributed by atoms with van der Waals surface area (Å²) in [6, 6.07) is 14.4. The van der Waals surface area contributed by atoms with Crippen LogP contribution >= 0.6 is 0 Å². The lowest BCUT2D eigenvalue weighted by atomic mass is 9.75. The molecule has 0 aliphatic carbocycles. The molecule has 1 amide bonds. The van der Waals surface area contributed by atoms with Crippen LogP contribution in [0.3, 0.4) is 0 Å². The molecule has 1 aliphatic rings. The van der Waals surface area contributed by atoms with Gasteiger partial charge in [-0.3, -0.25) is 9.69 Å². The second kappa shape index (κ2) is 13.8. The molecule has 1 atom stereocenters. The summed E-state index contributed by atoms with van der Waals surface area (Å²) in [6.45, 7) is 19.9. The van der Waals surface area contributed by atoms with Crippen LogP contribution in [-0.4, -0.2) is 15.9 Å². The Balaban J connectivity index is 0.00000145. The SMILES string of the molecule is C=CC1=C(C=C)C(c2ccc(N)cc2)(c2ccc(O)cc2)N(C(/C=C\CC)=C/C)C1=O.CC.CC. The van der Waals surface area contributed by atoms with Crippen LogP contribution in [0.5, 0.6) is 5.75 Å². The number of benzene rings is 2. The highest BCUT2D eigenvalue weighted by Gasteiger charge is 2.53.